The van der Waals surface area contributed by atoms with Gasteiger partial charge >= 0.3 is 0 Å². The summed E-state index contributed by atoms with van der Waals surface area (Å²) in [6.45, 7) is 2.03. The Balaban J connectivity index is 1.76. The Morgan fingerprint density at radius 2 is 1.92 bits per heavy atom. The van der Waals surface area contributed by atoms with Gasteiger partial charge in [-0.1, -0.05) is 42.5 Å². The zero-order chi connectivity index (χ0) is 18.0. The van der Waals surface area contributed by atoms with E-state index in [1.807, 2.05) is 30.3 Å². The zero-order valence-corrected chi connectivity index (χ0v) is 13.7. The van der Waals surface area contributed by atoms with Crippen molar-refractivity contribution in [2.75, 3.05) is 5.32 Å². The van der Waals surface area contributed by atoms with Gasteiger partial charge in [-0.3, -0.25) is 14.5 Å². The van der Waals surface area contributed by atoms with Crippen LogP contribution in [0.15, 0.2) is 48.5 Å². The first-order chi connectivity index (χ1) is 12.0. The third kappa shape index (κ3) is 3.52. The van der Waals surface area contributed by atoms with Gasteiger partial charge in [0, 0.05) is 5.69 Å². The lowest BCUT2D eigenvalue weighted by Crippen LogP contribution is -2.34. The number of nitrogens with one attached hydrogen (secondary N) is 1. The molecule has 2 aromatic carbocycles. The Kier molecular flexibility index (Phi) is 4.52. The standard InChI is InChI=1S/C19H18N2O4/c1-12-7-8-14(19(24)25)9-15(12)20-16-10-17(22)21(18(16)23)11-13-5-3-2-4-6-13/h2-9,16,20H,10-11H2,1H3,(H,24,25)/p-1/t16-/m0/s1. The van der Waals surface area contributed by atoms with E-state index in [0.29, 0.717) is 5.69 Å². The van der Waals surface area contributed by atoms with Crippen molar-refractivity contribution in [1.29, 1.82) is 0 Å². The van der Waals surface area contributed by atoms with Crippen molar-refractivity contribution >= 4 is 23.5 Å². The van der Waals surface area contributed by atoms with Crippen molar-refractivity contribution in [3.63, 3.8) is 0 Å². The number of amides is 2. The summed E-state index contributed by atoms with van der Waals surface area (Å²) >= 11 is 0. The highest BCUT2D eigenvalue weighted by atomic mass is 16.4. The van der Waals surface area contributed by atoms with E-state index in [0.717, 1.165) is 11.1 Å². The fourth-order valence-electron chi connectivity index (χ4n) is 2.82. The molecule has 0 aromatic heterocycles. The van der Waals surface area contributed by atoms with E-state index in [-0.39, 0.29) is 30.3 Å². The van der Waals surface area contributed by atoms with Crippen LogP contribution in [0.5, 0.6) is 0 Å². The molecule has 0 spiro atoms. The van der Waals surface area contributed by atoms with Gasteiger partial charge in [-0.15, -0.1) is 0 Å². The van der Waals surface area contributed by atoms with Crippen molar-refractivity contribution in [3.05, 3.63) is 65.2 Å². The van der Waals surface area contributed by atoms with Crippen LogP contribution in [0.3, 0.4) is 0 Å². The first-order valence-corrected chi connectivity index (χ1v) is 7.92. The van der Waals surface area contributed by atoms with Gasteiger partial charge in [0.2, 0.25) is 5.91 Å². The maximum Gasteiger partial charge on any atom is 0.252 e. The van der Waals surface area contributed by atoms with Crippen LogP contribution in [0.4, 0.5) is 5.69 Å². The average molecular weight is 337 g/mol. The minimum atomic E-state index is -1.29. The summed E-state index contributed by atoms with van der Waals surface area (Å²) in [5, 5.41) is 14.0. The molecule has 6 heteroatoms. The number of benzene rings is 2. The molecule has 0 unspecified atom stereocenters. The van der Waals surface area contributed by atoms with Gasteiger partial charge in [0.1, 0.15) is 6.04 Å². The second kappa shape index (κ2) is 6.76. The van der Waals surface area contributed by atoms with Gasteiger partial charge in [-0.25, -0.2) is 0 Å². The van der Waals surface area contributed by atoms with Gasteiger partial charge in [0.15, 0.2) is 0 Å². The van der Waals surface area contributed by atoms with E-state index < -0.39 is 12.0 Å². The summed E-state index contributed by atoms with van der Waals surface area (Å²) in [4.78, 5) is 37.0. The summed E-state index contributed by atoms with van der Waals surface area (Å²) in [5.41, 5.74) is 2.19. The summed E-state index contributed by atoms with van der Waals surface area (Å²) in [5.74, 6) is -1.85. The van der Waals surface area contributed by atoms with E-state index in [1.54, 1.807) is 13.0 Å². The smallest absolute Gasteiger partial charge is 0.252 e. The predicted molar refractivity (Wildman–Crippen MR) is 89.5 cm³/mol. The molecule has 2 aromatic rings. The Bertz CT molecular complexity index is 833. The van der Waals surface area contributed by atoms with Gasteiger partial charge in [0.05, 0.1) is 18.9 Å². The van der Waals surface area contributed by atoms with Gasteiger partial charge < -0.3 is 15.2 Å². The first-order valence-electron chi connectivity index (χ1n) is 7.92. The molecule has 0 bridgehead atoms. The molecule has 1 fully saturated rings. The van der Waals surface area contributed by atoms with E-state index in [4.69, 9.17) is 0 Å². The quantitative estimate of drug-likeness (QED) is 0.825. The van der Waals surface area contributed by atoms with Crippen molar-refractivity contribution in [3.8, 4) is 0 Å². The molecular weight excluding hydrogens is 320 g/mol. The molecule has 2 amide bonds. The molecule has 25 heavy (non-hydrogen) atoms. The maximum atomic E-state index is 12.6. The predicted octanol–water partition coefficient (Wildman–Crippen LogP) is 1.10. The molecule has 1 saturated heterocycles. The molecular formula is C19H17N2O4-. The number of aromatic carboxylic acids is 1. The van der Waals surface area contributed by atoms with E-state index >= 15 is 0 Å². The van der Waals surface area contributed by atoms with Crippen LogP contribution in [0.25, 0.3) is 0 Å². The number of hydrogen-bond acceptors (Lipinski definition) is 5. The molecule has 0 radical (unpaired) electrons. The van der Waals surface area contributed by atoms with Crippen LogP contribution >= 0.6 is 0 Å². The molecule has 128 valence electrons. The number of carboxylic acid groups (broad SMARTS) is 1. The lowest BCUT2D eigenvalue weighted by atomic mass is 10.1. The van der Waals surface area contributed by atoms with Gasteiger partial charge in [-0.05, 0) is 29.7 Å². The SMILES string of the molecule is Cc1ccc(C(=O)[O-])cc1N[C@H]1CC(=O)N(Cc2ccccc2)C1=O. The second-order valence-corrected chi connectivity index (χ2v) is 6.02. The second-order valence-electron chi connectivity index (χ2n) is 6.02. The Hall–Kier alpha value is -3.15. The van der Waals surface area contributed by atoms with E-state index in [2.05, 4.69) is 5.32 Å². The fraction of sp³-hybridized carbons (Fsp3) is 0.211. The largest absolute Gasteiger partial charge is 0.545 e. The lowest BCUT2D eigenvalue weighted by molar-refractivity contribution is -0.255. The van der Waals surface area contributed by atoms with Gasteiger partial charge in [-0.2, -0.15) is 0 Å². The number of anilines is 1. The number of rotatable bonds is 5. The van der Waals surface area contributed by atoms with Crippen LogP contribution in [0, 0.1) is 6.92 Å². The normalized spacial score (nSPS) is 17.0. The molecule has 1 atom stereocenters. The minimum Gasteiger partial charge on any atom is -0.545 e. The molecule has 1 aliphatic rings. The van der Waals surface area contributed by atoms with Crippen molar-refractivity contribution in [2.45, 2.75) is 25.9 Å². The number of imide groups is 1. The molecule has 0 aliphatic carbocycles. The molecule has 6 nitrogen and oxygen atoms in total. The van der Waals surface area contributed by atoms with Crippen LogP contribution < -0.4 is 10.4 Å². The monoisotopic (exact) mass is 337 g/mol. The highest BCUT2D eigenvalue weighted by Crippen LogP contribution is 2.23. The number of carbonyl (C=O) groups is 3. The van der Waals surface area contributed by atoms with Crippen LogP contribution in [0.1, 0.15) is 27.9 Å². The number of nitrogens with zero attached hydrogens (tertiary/aromatic N) is 1. The topological polar surface area (TPSA) is 89.5 Å². The summed E-state index contributed by atoms with van der Waals surface area (Å²) in [6, 6.07) is 13.1. The molecule has 0 saturated carbocycles. The van der Waals surface area contributed by atoms with Crippen LogP contribution in [-0.4, -0.2) is 28.7 Å². The van der Waals surface area contributed by atoms with Crippen LogP contribution in [-0.2, 0) is 16.1 Å². The van der Waals surface area contributed by atoms with Crippen molar-refractivity contribution in [1.82, 2.24) is 4.90 Å². The Labute approximate surface area is 145 Å². The highest BCUT2D eigenvalue weighted by molar-refractivity contribution is 6.06. The third-order valence-corrected chi connectivity index (χ3v) is 4.23. The first kappa shape index (κ1) is 16.7. The highest BCUT2D eigenvalue weighted by Gasteiger charge is 2.38. The number of carbonyl (C=O) groups excluding carboxylic acids is 3. The van der Waals surface area contributed by atoms with Crippen molar-refractivity contribution < 1.29 is 19.5 Å². The fourth-order valence-corrected chi connectivity index (χ4v) is 2.82. The maximum absolute atomic E-state index is 12.6. The molecule has 1 heterocycles. The summed E-state index contributed by atoms with van der Waals surface area (Å²) in [6.07, 6.45) is 0.0423. The van der Waals surface area contributed by atoms with E-state index in [1.165, 1.54) is 17.0 Å². The number of carboxylic acids is 1. The number of likely N-dealkylation sites (tertiary alicyclic amines) is 1. The Morgan fingerprint density at radius 3 is 2.60 bits per heavy atom. The molecule has 3 rings (SSSR count). The third-order valence-electron chi connectivity index (χ3n) is 4.23. The molecule has 1 N–H and O–H groups in total. The van der Waals surface area contributed by atoms with E-state index in [9.17, 15) is 19.5 Å². The number of hydrogen-bond donors (Lipinski definition) is 1. The van der Waals surface area contributed by atoms with Crippen molar-refractivity contribution in [2.24, 2.45) is 0 Å². The lowest BCUT2D eigenvalue weighted by Gasteiger charge is -2.18. The Morgan fingerprint density at radius 1 is 1.20 bits per heavy atom. The molecule has 1 aliphatic heterocycles. The van der Waals surface area contributed by atoms with Gasteiger partial charge in [0.25, 0.3) is 5.91 Å². The summed E-state index contributed by atoms with van der Waals surface area (Å²) < 4.78 is 0. The summed E-state index contributed by atoms with van der Waals surface area (Å²) in [7, 11) is 0. The zero-order valence-electron chi connectivity index (χ0n) is 13.7. The van der Waals surface area contributed by atoms with Crippen LogP contribution in [0.2, 0.25) is 0 Å². The average Bonchev–Trinajstić information content (AvgIpc) is 2.85. The number of aryl methyl sites for hydroxylation is 1. The minimum absolute atomic E-state index is 0.0195.